The Morgan fingerprint density at radius 2 is 2.14 bits per heavy atom. The van der Waals surface area contributed by atoms with Crippen molar-refractivity contribution in [3.8, 4) is 0 Å². The molecule has 2 aromatic heterocycles. The zero-order valence-electron chi connectivity index (χ0n) is 13.0. The Bertz CT molecular complexity index is 657. The maximum atomic E-state index is 5.18. The molecule has 2 fully saturated rings. The number of anilines is 1. The number of piperidine rings is 1. The standard InChI is InChI=1S/C16H22N4OS/c1-21-7-2-12-8-13-14(18-11-19-15(13)22-12)20-9-16(10-20)3-5-17-6-4-16/h8,11,17H,2-7,9-10H2,1H3. The minimum absolute atomic E-state index is 0.525. The average molecular weight is 318 g/mol. The van der Waals surface area contributed by atoms with Crippen LogP contribution in [0.1, 0.15) is 17.7 Å². The van der Waals surface area contributed by atoms with Gasteiger partial charge in [-0.05, 0) is 32.0 Å². The van der Waals surface area contributed by atoms with Gasteiger partial charge in [0, 0.05) is 36.9 Å². The van der Waals surface area contributed by atoms with Gasteiger partial charge in [0.25, 0.3) is 0 Å². The molecule has 0 bridgehead atoms. The van der Waals surface area contributed by atoms with E-state index in [4.69, 9.17) is 4.74 Å². The molecule has 1 N–H and O–H groups in total. The van der Waals surface area contributed by atoms with Crippen LogP contribution in [-0.2, 0) is 11.2 Å². The number of fused-ring (bicyclic) bond motifs is 1. The van der Waals surface area contributed by atoms with Crippen molar-refractivity contribution in [2.75, 3.05) is 44.8 Å². The molecule has 0 amide bonds. The summed E-state index contributed by atoms with van der Waals surface area (Å²) in [6.07, 6.45) is 5.25. The van der Waals surface area contributed by atoms with Gasteiger partial charge in [-0.25, -0.2) is 9.97 Å². The molecule has 0 aromatic carbocycles. The van der Waals surface area contributed by atoms with Crippen LogP contribution in [0.3, 0.4) is 0 Å². The quantitative estimate of drug-likeness (QED) is 0.935. The lowest BCUT2D eigenvalue weighted by Crippen LogP contribution is -2.60. The van der Waals surface area contributed by atoms with Crippen molar-refractivity contribution in [2.24, 2.45) is 5.41 Å². The van der Waals surface area contributed by atoms with Crippen molar-refractivity contribution in [1.82, 2.24) is 15.3 Å². The fraction of sp³-hybridized carbons (Fsp3) is 0.625. The van der Waals surface area contributed by atoms with Gasteiger partial charge in [-0.2, -0.15) is 0 Å². The van der Waals surface area contributed by atoms with Crippen LogP contribution in [0, 0.1) is 5.41 Å². The Balaban J connectivity index is 1.56. The van der Waals surface area contributed by atoms with Crippen LogP contribution in [-0.4, -0.2) is 49.9 Å². The topological polar surface area (TPSA) is 50.3 Å². The molecule has 0 radical (unpaired) electrons. The molecule has 4 heterocycles. The predicted octanol–water partition coefficient (Wildman–Crippen LogP) is 2.07. The van der Waals surface area contributed by atoms with Crippen LogP contribution in [0.5, 0.6) is 0 Å². The third-order valence-corrected chi connectivity index (χ3v) is 6.03. The van der Waals surface area contributed by atoms with Gasteiger partial charge in [0.2, 0.25) is 0 Å². The smallest absolute Gasteiger partial charge is 0.140 e. The van der Waals surface area contributed by atoms with Gasteiger partial charge in [0.15, 0.2) is 0 Å². The Morgan fingerprint density at radius 3 is 2.91 bits per heavy atom. The number of nitrogens with zero attached hydrogens (tertiary/aromatic N) is 3. The van der Waals surface area contributed by atoms with Crippen LogP contribution < -0.4 is 10.2 Å². The Labute approximate surface area is 134 Å². The van der Waals surface area contributed by atoms with E-state index in [1.807, 2.05) is 0 Å². The molecule has 118 valence electrons. The number of hydrogen-bond acceptors (Lipinski definition) is 6. The van der Waals surface area contributed by atoms with E-state index in [1.165, 1.54) is 23.1 Å². The molecule has 2 aliphatic heterocycles. The van der Waals surface area contributed by atoms with Gasteiger partial charge in [0.1, 0.15) is 17.0 Å². The summed E-state index contributed by atoms with van der Waals surface area (Å²) >= 11 is 1.76. The highest BCUT2D eigenvalue weighted by molar-refractivity contribution is 7.18. The van der Waals surface area contributed by atoms with E-state index >= 15 is 0 Å². The number of methoxy groups -OCH3 is 1. The molecular weight excluding hydrogens is 296 g/mol. The highest BCUT2D eigenvalue weighted by atomic mass is 32.1. The maximum absolute atomic E-state index is 5.18. The molecular formula is C16H22N4OS. The molecule has 1 spiro atoms. The van der Waals surface area contributed by atoms with Gasteiger partial charge in [-0.15, -0.1) is 11.3 Å². The van der Waals surface area contributed by atoms with E-state index in [9.17, 15) is 0 Å². The minimum atomic E-state index is 0.525. The Morgan fingerprint density at radius 1 is 1.32 bits per heavy atom. The number of aromatic nitrogens is 2. The zero-order valence-corrected chi connectivity index (χ0v) is 13.8. The molecule has 0 atom stereocenters. The minimum Gasteiger partial charge on any atom is -0.384 e. The lowest BCUT2D eigenvalue weighted by Gasteiger charge is -2.53. The van der Waals surface area contributed by atoms with Crippen molar-refractivity contribution in [2.45, 2.75) is 19.3 Å². The summed E-state index contributed by atoms with van der Waals surface area (Å²) in [5.41, 5.74) is 0.525. The molecule has 2 aromatic rings. The molecule has 6 heteroatoms. The van der Waals surface area contributed by atoms with E-state index < -0.39 is 0 Å². The second kappa shape index (κ2) is 5.76. The summed E-state index contributed by atoms with van der Waals surface area (Å²) in [7, 11) is 1.75. The zero-order chi connectivity index (χ0) is 15.0. The SMILES string of the molecule is COCCc1cc2c(N3CC4(CCNCC4)C3)ncnc2s1. The molecule has 22 heavy (non-hydrogen) atoms. The summed E-state index contributed by atoms with van der Waals surface area (Å²) in [5.74, 6) is 1.12. The largest absolute Gasteiger partial charge is 0.384 e. The van der Waals surface area contributed by atoms with Crippen LogP contribution in [0.25, 0.3) is 10.2 Å². The van der Waals surface area contributed by atoms with E-state index in [-0.39, 0.29) is 0 Å². The second-order valence-electron chi connectivity index (χ2n) is 6.48. The van der Waals surface area contributed by atoms with E-state index in [2.05, 4.69) is 26.3 Å². The molecule has 2 aliphatic rings. The van der Waals surface area contributed by atoms with Crippen LogP contribution >= 0.6 is 11.3 Å². The predicted molar refractivity (Wildman–Crippen MR) is 89.7 cm³/mol. The number of rotatable bonds is 4. The fourth-order valence-electron chi connectivity index (χ4n) is 3.66. The lowest BCUT2D eigenvalue weighted by atomic mass is 9.72. The Kier molecular flexibility index (Phi) is 3.76. The first kappa shape index (κ1) is 14.4. The van der Waals surface area contributed by atoms with E-state index in [0.717, 1.165) is 49.9 Å². The molecule has 0 aliphatic carbocycles. The second-order valence-corrected chi connectivity index (χ2v) is 7.59. The van der Waals surface area contributed by atoms with E-state index in [1.54, 1.807) is 24.8 Å². The van der Waals surface area contributed by atoms with Gasteiger partial charge < -0.3 is 15.0 Å². The summed E-state index contributed by atoms with van der Waals surface area (Å²) in [6, 6.07) is 2.25. The van der Waals surface area contributed by atoms with Crippen LogP contribution in [0.4, 0.5) is 5.82 Å². The first-order valence-electron chi connectivity index (χ1n) is 7.98. The van der Waals surface area contributed by atoms with Gasteiger partial charge >= 0.3 is 0 Å². The summed E-state index contributed by atoms with van der Waals surface area (Å²) in [4.78, 5) is 13.9. The number of nitrogens with one attached hydrogen (secondary N) is 1. The van der Waals surface area contributed by atoms with Crippen molar-refractivity contribution in [3.63, 3.8) is 0 Å². The number of hydrogen-bond donors (Lipinski definition) is 1. The molecule has 4 rings (SSSR count). The normalized spacial score (nSPS) is 20.5. The van der Waals surface area contributed by atoms with Gasteiger partial charge in [-0.3, -0.25) is 0 Å². The van der Waals surface area contributed by atoms with Crippen LogP contribution in [0.15, 0.2) is 12.4 Å². The number of thiophene rings is 1. The molecule has 0 unspecified atom stereocenters. The van der Waals surface area contributed by atoms with Gasteiger partial charge in [0.05, 0.1) is 12.0 Å². The molecule has 5 nitrogen and oxygen atoms in total. The van der Waals surface area contributed by atoms with Crippen LogP contribution in [0.2, 0.25) is 0 Å². The third-order valence-electron chi connectivity index (χ3n) is 4.93. The van der Waals surface area contributed by atoms with Gasteiger partial charge in [-0.1, -0.05) is 0 Å². The van der Waals surface area contributed by atoms with E-state index in [0.29, 0.717) is 5.41 Å². The number of ether oxygens (including phenoxy) is 1. The summed E-state index contributed by atoms with van der Waals surface area (Å²) < 4.78 is 5.18. The fourth-order valence-corrected chi connectivity index (χ4v) is 4.63. The summed E-state index contributed by atoms with van der Waals surface area (Å²) in [6.45, 7) is 5.36. The third kappa shape index (κ3) is 2.49. The molecule has 0 saturated carbocycles. The Hall–Kier alpha value is -1.24. The van der Waals surface area contributed by atoms with Crippen molar-refractivity contribution < 1.29 is 4.74 Å². The molecule has 2 saturated heterocycles. The van der Waals surface area contributed by atoms with Crippen molar-refractivity contribution >= 4 is 27.4 Å². The highest BCUT2D eigenvalue weighted by Crippen LogP contribution is 2.42. The monoisotopic (exact) mass is 318 g/mol. The summed E-state index contributed by atoms with van der Waals surface area (Å²) in [5, 5.41) is 4.67. The highest BCUT2D eigenvalue weighted by Gasteiger charge is 2.44. The van der Waals surface area contributed by atoms with Crippen molar-refractivity contribution in [3.05, 3.63) is 17.3 Å². The lowest BCUT2D eigenvalue weighted by molar-refractivity contribution is 0.149. The van der Waals surface area contributed by atoms with Crippen molar-refractivity contribution in [1.29, 1.82) is 0 Å². The average Bonchev–Trinajstić information content (AvgIpc) is 2.94. The first-order valence-corrected chi connectivity index (χ1v) is 8.79. The maximum Gasteiger partial charge on any atom is 0.140 e. The first-order chi connectivity index (χ1) is 10.8.